The van der Waals surface area contributed by atoms with Gasteiger partial charge in [0, 0.05) is 29.5 Å². The molecule has 0 bridgehead atoms. The van der Waals surface area contributed by atoms with Gasteiger partial charge in [0.05, 0.1) is 95.7 Å². The number of imidazole rings is 2. The summed E-state index contributed by atoms with van der Waals surface area (Å²) in [5, 5.41) is 9.14. The average molecular weight is 1210 g/mol. The highest BCUT2D eigenvalue weighted by Crippen LogP contribution is 2.65. The number of carbonyl (C=O) groups excluding carboxylic acids is 1. The largest absolute Gasteiger partial charge is 0.397 e. The summed E-state index contributed by atoms with van der Waals surface area (Å²) in [6.07, 6.45) is -8.03. The molecule has 438 valence electrons. The molecule has 5 aromatic heterocycles. The zero-order valence-electron chi connectivity index (χ0n) is 45.0. The highest BCUT2D eigenvalue weighted by Gasteiger charge is 2.55. The Bertz CT molecular complexity index is 3780. The summed E-state index contributed by atoms with van der Waals surface area (Å²) in [7, 11) is 1.37. The van der Waals surface area contributed by atoms with E-state index in [1.165, 1.54) is 40.4 Å². The maximum absolute atomic E-state index is 17.0. The standard InChI is InChI=1S/C53H56BF2N13O12P2S/c1-2-40(70)66-23-33-7-3-4-8-34(33)43-46(35-9-5-6-10-37(35)66)69(65-64-43)17-18-73-19-20-74-21-22-75-24-31-11-13-32(14-12-31)27-84-83(72)77-26-39-47(41(55)52(79-39)68-30-63-45-49(58)60-28-61-51(45)68)80-82(54,71)76-25-38-48(81-83)42(56)53(78-38)67-29-62-44-36(57)15-16-59-50(44)67/h3-16,28-30,38-39,41-42,47-48,52-53H,2,17-27H2,1H3,(H2,57,59)(H2,58,60,61)/t38-,39-,41-,42-,47-,48-,52-,53-,82-,83+/m1/s1. The Labute approximate surface area is 484 Å². The normalized spacial score (nSPS) is 26.1. The lowest BCUT2D eigenvalue weighted by molar-refractivity contribution is -0.118. The number of hydrogen-bond donors (Lipinski definition) is 2. The lowest BCUT2D eigenvalue weighted by Gasteiger charge is -2.30. The minimum atomic E-state index is -4.69. The second-order valence-electron chi connectivity index (χ2n) is 19.9. The number of nitrogen functional groups attached to an aromatic ring is 2. The van der Waals surface area contributed by atoms with Crippen molar-refractivity contribution in [2.45, 2.75) is 88.0 Å². The van der Waals surface area contributed by atoms with E-state index < -0.39 is 76.7 Å². The Hall–Kier alpha value is -6.59. The molecule has 8 aromatic rings. The van der Waals surface area contributed by atoms with Crippen LogP contribution in [-0.2, 0) is 81.2 Å². The minimum absolute atomic E-state index is 0.0211. The number of hydrogen-bond acceptors (Lipinski definition) is 22. The van der Waals surface area contributed by atoms with Crippen molar-refractivity contribution < 1.29 is 64.5 Å². The fourth-order valence-corrected chi connectivity index (χ4v) is 14.8. The first kappa shape index (κ1) is 57.8. The van der Waals surface area contributed by atoms with Crippen LogP contribution in [0.15, 0.2) is 104 Å². The van der Waals surface area contributed by atoms with E-state index in [9.17, 15) is 9.36 Å². The van der Waals surface area contributed by atoms with Gasteiger partial charge in [-0.2, -0.15) is 0 Å². The van der Waals surface area contributed by atoms with Gasteiger partial charge in [0.2, 0.25) is 13.5 Å². The maximum Gasteiger partial charge on any atom is 0.389 e. The van der Waals surface area contributed by atoms with E-state index in [0.717, 1.165) is 50.7 Å². The van der Waals surface area contributed by atoms with Gasteiger partial charge in [0.25, 0.3) is 7.47 Å². The van der Waals surface area contributed by atoms with E-state index in [4.69, 9.17) is 60.8 Å². The smallest absolute Gasteiger partial charge is 0.389 e. The highest BCUT2D eigenvalue weighted by molar-refractivity contribution is 8.54. The molecule has 12 rings (SSSR count). The van der Waals surface area contributed by atoms with E-state index in [0.29, 0.717) is 58.1 Å². The third kappa shape index (κ3) is 11.9. The first-order valence-corrected chi connectivity index (χ1v) is 31.6. The molecule has 1 amide bonds. The molecule has 4 aliphatic heterocycles. The Morgan fingerprint density at radius 3 is 2.14 bits per heavy atom. The van der Waals surface area contributed by atoms with E-state index in [1.807, 2.05) is 77.2 Å². The molecule has 4 aliphatic rings. The number of carbonyl (C=O) groups is 1. The van der Waals surface area contributed by atoms with Gasteiger partial charge in [-0.3, -0.25) is 27.5 Å². The van der Waals surface area contributed by atoms with Crippen LogP contribution in [0.4, 0.5) is 26.0 Å². The van der Waals surface area contributed by atoms with E-state index >= 15 is 13.3 Å². The molecular formula is C53H56BF2N13O12P2S. The fourth-order valence-electron chi connectivity index (χ4n) is 10.4. The number of nitrogens with two attached hydrogens (primary N) is 2. The van der Waals surface area contributed by atoms with Crippen LogP contribution in [0.3, 0.4) is 0 Å². The highest BCUT2D eigenvalue weighted by atomic mass is 32.7. The van der Waals surface area contributed by atoms with E-state index in [-0.39, 0.29) is 52.1 Å². The number of rotatable bonds is 17. The second kappa shape index (κ2) is 24.8. The van der Waals surface area contributed by atoms with Gasteiger partial charge in [-0.15, -0.1) is 5.10 Å². The first-order chi connectivity index (χ1) is 40.8. The number of amides is 1. The topological polar surface area (TPSA) is 295 Å². The van der Waals surface area contributed by atoms with Crippen molar-refractivity contribution in [2.75, 3.05) is 62.6 Å². The van der Waals surface area contributed by atoms with Crippen molar-refractivity contribution in [3.05, 3.63) is 121 Å². The molecule has 0 aliphatic carbocycles. The molecule has 10 atom stereocenters. The summed E-state index contributed by atoms with van der Waals surface area (Å²) in [4.78, 5) is 36.0. The fraction of sp³-hybridized carbons (Fsp3) is 0.396. The molecular weight excluding hydrogens is 1150 g/mol. The summed E-state index contributed by atoms with van der Waals surface area (Å²) in [6, 6.07) is 24.6. The van der Waals surface area contributed by atoms with Gasteiger partial charge in [0.15, 0.2) is 41.9 Å². The van der Waals surface area contributed by atoms with Gasteiger partial charge in [-0.1, -0.05) is 78.9 Å². The first-order valence-electron chi connectivity index (χ1n) is 26.9. The van der Waals surface area contributed by atoms with E-state index in [2.05, 4.69) is 35.2 Å². The molecule has 4 N–H and O–H groups in total. The number of anilines is 3. The number of ether oxygens (including phenoxy) is 5. The maximum atomic E-state index is 17.0. The second-order valence-corrected chi connectivity index (χ2v) is 25.5. The molecule has 9 heterocycles. The third-order valence-electron chi connectivity index (χ3n) is 14.6. The molecule has 2 radical (unpaired) electrons. The van der Waals surface area contributed by atoms with Crippen LogP contribution in [0, 0.1) is 0 Å². The zero-order chi connectivity index (χ0) is 58.1. The number of nitrogens with zero attached hydrogens (tertiary/aromatic N) is 11. The van der Waals surface area contributed by atoms with Crippen molar-refractivity contribution >= 4 is 78.6 Å². The molecule has 25 nitrogen and oxygen atoms in total. The number of benzene rings is 3. The Morgan fingerprint density at radius 2 is 1.39 bits per heavy atom. The summed E-state index contributed by atoms with van der Waals surface area (Å²) in [6.45, 7) is -1.31. The van der Waals surface area contributed by atoms with Crippen molar-refractivity contribution in [3.8, 4) is 22.5 Å². The van der Waals surface area contributed by atoms with Crippen molar-refractivity contribution in [3.63, 3.8) is 0 Å². The quantitative estimate of drug-likeness (QED) is 0.0507. The molecule has 0 saturated carbocycles. The van der Waals surface area contributed by atoms with Gasteiger partial charge < -0.3 is 49.1 Å². The Morgan fingerprint density at radius 1 is 0.750 bits per heavy atom. The summed E-state index contributed by atoms with van der Waals surface area (Å²) in [5.41, 5.74) is 19.8. The number of alkyl halides is 2. The lowest BCUT2D eigenvalue weighted by atomic mass is 9.95. The van der Waals surface area contributed by atoms with Crippen LogP contribution in [-0.4, -0.2) is 146 Å². The molecule has 0 spiro atoms. The number of aromatic nitrogens is 10. The van der Waals surface area contributed by atoms with Crippen LogP contribution in [0.5, 0.6) is 0 Å². The molecule has 3 saturated heterocycles. The third-order valence-corrected chi connectivity index (χ3v) is 19.3. The molecule has 3 aromatic carbocycles. The van der Waals surface area contributed by atoms with Crippen molar-refractivity contribution in [1.82, 2.24) is 49.0 Å². The van der Waals surface area contributed by atoms with Gasteiger partial charge in [0.1, 0.15) is 47.5 Å². The number of halogens is 2. The van der Waals surface area contributed by atoms with Crippen molar-refractivity contribution in [1.29, 1.82) is 0 Å². The Balaban J connectivity index is 0.658. The predicted octanol–water partition coefficient (Wildman–Crippen LogP) is 7.47. The van der Waals surface area contributed by atoms with Crippen LogP contribution in [0.1, 0.15) is 42.5 Å². The van der Waals surface area contributed by atoms with Gasteiger partial charge in [-0.25, -0.2) is 42.9 Å². The lowest BCUT2D eigenvalue weighted by Crippen LogP contribution is -2.37. The van der Waals surface area contributed by atoms with Gasteiger partial charge in [-0.05, 0) is 40.2 Å². The summed E-state index contributed by atoms with van der Waals surface area (Å²) >= 11 is 0.745. The number of para-hydroxylation sites is 1. The molecule has 31 heteroatoms. The summed E-state index contributed by atoms with van der Waals surface area (Å²) < 4.78 is 120. The monoisotopic (exact) mass is 1210 g/mol. The predicted molar refractivity (Wildman–Crippen MR) is 303 cm³/mol. The summed E-state index contributed by atoms with van der Waals surface area (Å²) in [5.74, 6) is 0.0808. The van der Waals surface area contributed by atoms with E-state index in [1.54, 1.807) is 12.1 Å². The van der Waals surface area contributed by atoms with Crippen LogP contribution < -0.4 is 16.4 Å². The number of fused-ring (bicyclic) bond motifs is 9. The van der Waals surface area contributed by atoms with Crippen LogP contribution in [0.2, 0.25) is 0 Å². The van der Waals surface area contributed by atoms with Gasteiger partial charge >= 0.3 is 6.80 Å². The van der Waals surface area contributed by atoms with Crippen LogP contribution in [0.25, 0.3) is 44.8 Å². The number of pyridine rings is 1. The average Bonchev–Trinajstić information content (AvgIpc) is 2.24. The Kier molecular flexibility index (Phi) is 17.1. The molecule has 3 fully saturated rings. The molecule has 84 heavy (non-hydrogen) atoms. The SMILES string of the molecule is [B][P@@]1(=O)OC[C@H]2O[C@@H](n3cnc4c(N)ccnc43)[C@H](F)[C@@H]2O[P@@](=O)(SCc2ccc(COCCOCCOCCn3nnc4c3-c3ccccc3N(C(=O)CC)Cc3ccccc3-4)cc2)OC[C@H]2O[C@@H](n3cnc4c(N)ncnc43)[C@H](F)[C@@H]2O1. The van der Waals surface area contributed by atoms with Crippen LogP contribution >= 0.6 is 25.7 Å². The zero-order valence-corrected chi connectivity index (χ0v) is 47.6. The minimum Gasteiger partial charge on any atom is -0.397 e. The molecule has 0 unspecified atom stereocenters. The van der Waals surface area contributed by atoms with Crippen molar-refractivity contribution in [2.24, 2.45) is 0 Å².